The lowest BCUT2D eigenvalue weighted by Gasteiger charge is -2.06. The minimum absolute atomic E-state index is 0.194. The first-order chi connectivity index (χ1) is 7.68. The van der Waals surface area contributed by atoms with Gasteiger partial charge in [-0.1, -0.05) is 18.2 Å². The van der Waals surface area contributed by atoms with Crippen molar-refractivity contribution in [3.8, 4) is 0 Å². The van der Waals surface area contributed by atoms with E-state index in [-0.39, 0.29) is 5.71 Å². The molecule has 2 rings (SSSR count). The largest absolute Gasteiger partial charge is 0.398 e. The van der Waals surface area contributed by atoms with E-state index >= 15 is 0 Å². The standard InChI is InChI=1S/C12H10FN3/c13-11-7-8(5-6-16-11)12(15)9-3-1-2-4-10(9)14/h1-7,15H,14H2. The van der Waals surface area contributed by atoms with Crippen LogP contribution in [-0.2, 0) is 0 Å². The molecular formula is C12H10FN3. The number of nitrogen functional groups attached to an aromatic ring is 1. The highest BCUT2D eigenvalue weighted by molar-refractivity contribution is 6.13. The fraction of sp³-hybridized carbons (Fsp3) is 0. The first-order valence-corrected chi connectivity index (χ1v) is 4.74. The van der Waals surface area contributed by atoms with Crippen LogP contribution in [0.15, 0.2) is 42.6 Å². The smallest absolute Gasteiger partial charge is 0.213 e. The summed E-state index contributed by atoms with van der Waals surface area (Å²) < 4.78 is 12.9. The lowest BCUT2D eigenvalue weighted by Crippen LogP contribution is -2.05. The second kappa shape index (κ2) is 4.10. The van der Waals surface area contributed by atoms with Gasteiger partial charge in [-0.2, -0.15) is 4.39 Å². The average molecular weight is 215 g/mol. The number of nitrogens with zero attached hydrogens (tertiary/aromatic N) is 1. The molecule has 1 aromatic carbocycles. The molecule has 3 nitrogen and oxygen atoms in total. The number of pyridine rings is 1. The zero-order valence-corrected chi connectivity index (χ0v) is 8.44. The summed E-state index contributed by atoms with van der Waals surface area (Å²) in [5, 5.41) is 7.93. The highest BCUT2D eigenvalue weighted by atomic mass is 19.1. The average Bonchev–Trinajstić information content (AvgIpc) is 2.29. The maximum atomic E-state index is 12.9. The summed E-state index contributed by atoms with van der Waals surface area (Å²) in [7, 11) is 0. The van der Waals surface area contributed by atoms with E-state index in [9.17, 15) is 4.39 Å². The second-order valence-corrected chi connectivity index (χ2v) is 3.33. The normalized spacial score (nSPS) is 10.1. The molecule has 0 fully saturated rings. The number of para-hydroxylation sites is 1. The van der Waals surface area contributed by atoms with Gasteiger partial charge in [0.05, 0.1) is 5.71 Å². The Labute approximate surface area is 92.3 Å². The molecule has 0 amide bonds. The molecule has 0 unspecified atom stereocenters. The Morgan fingerprint density at radius 1 is 1.25 bits per heavy atom. The maximum absolute atomic E-state index is 12.9. The molecule has 2 aromatic rings. The molecule has 0 aliphatic carbocycles. The van der Waals surface area contributed by atoms with E-state index in [1.54, 1.807) is 30.3 Å². The lowest BCUT2D eigenvalue weighted by atomic mass is 10.0. The van der Waals surface area contributed by atoms with Crippen molar-refractivity contribution in [1.29, 1.82) is 5.41 Å². The van der Waals surface area contributed by atoms with Gasteiger partial charge < -0.3 is 5.73 Å². The van der Waals surface area contributed by atoms with Crippen molar-refractivity contribution in [1.82, 2.24) is 4.98 Å². The monoisotopic (exact) mass is 215 g/mol. The fourth-order valence-corrected chi connectivity index (χ4v) is 1.44. The Morgan fingerprint density at radius 3 is 2.69 bits per heavy atom. The summed E-state index contributed by atoms with van der Waals surface area (Å²) in [6.45, 7) is 0. The molecule has 3 N–H and O–H groups in total. The fourth-order valence-electron chi connectivity index (χ4n) is 1.44. The highest BCUT2D eigenvalue weighted by Crippen LogP contribution is 2.15. The zero-order chi connectivity index (χ0) is 11.5. The van der Waals surface area contributed by atoms with Crippen LogP contribution in [0.4, 0.5) is 10.1 Å². The Morgan fingerprint density at radius 2 is 2.00 bits per heavy atom. The van der Waals surface area contributed by atoms with Crippen LogP contribution in [0.2, 0.25) is 0 Å². The Bertz CT molecular complexity index is 537. The Balaban J connectivity index is 2.44. The molecule has 4 heteroatoms. The lowest BCUT2D eigenvalue weighted by molar-refractivity contribution is 0.583. The summed E-state index contributed by atoms with van der Waals surface area (Å²) in [4.78, 5) is 3.44. The van der Waals surface area contributed by atoms with Crippen LogP contribution in [0.25, 0.3) is 0 Å². The van der Waals surface area contributed by atoms with Crippen LogP contribution in [-0.4, -0.2) is 10.7 Å². The number of rotatable bonds is 2. The Hall–Kier alpha value is -2.23. The summed E-state index contributed by atoms with van der Waals surface area (Å²) in [6.07, 6.45) is 1.33. The number of nitrogens with two attached hydrogens (primary N) is 1. The SMILES string of the molecule is N=C(c1ccnc(F)c1)c1ccccc1N. The van der Waals surface area contributed by atoms with Gasteiger partial charge >= 0.3 is 0 Å². The van der Waals surface area contributed by atoms with E-state index in [1.807, 2.05) is 0 Å². The van der Waals surface area contributed by atoms with Crippen molar-refractivity contribution in [2.75, 3.05) is 5.73 Å². The quantitative estimate of drug-likeness (QED) is 0.458. The topological polar surface area (TPSA) is 62.8 Å². The summed E-state index contributed by atoms with van der Waals surface area (Å²) >= 11 is 0. The summed E-state index contributed by atoms with van der Waals surface area (Å²) in [5.74, 6) is -0.600. The number of hydrogen-bond acceptors (Lipinski definition) is 3. The molecule has 1 aromatic heterocycles. The van der Waals surface area contributed by atoms with Gasteiger partial charge in [0.1, 0.15) is 0 Å². The van der Waals surface area contributed by atoms with Crippen molar-refractivity contribution in [2.45, 2.75) is 0 Å². The van der Waals surface area contributed by atoms with Crippen LogP contribution >= 0.6 is 0 Å². The minimum Gasteiger partial charge on any atom is -0.398 e. The van der Waals surface area contributed by atoms with Gasteiger partial charge in [-0.25, -0.2) is 4.98 Å². The number of nitrogens with one attached hydrogen (secondary N) is 1. The van der Waals surface area contributed by atoms with Crippen molar-refractivity contribution in [3.63, 3.8) is 0 Å². The van der Waals surface area contributed by atoms with Crippen LogP contribution in [0.1, 0.15) is 11.1 Å². The van der Waals surface area contributed by atoms with E-state index in [1.165, 1.54) is 12.3 Å². The molecule has 0 saturated heterocycles. The van der Waals surface area contributed by atoms with Gasteiger partial charge in [-0.05, 0) is 12.1 Å². The van der Waals surface area contributed by atoms with Crippen LogP contribution in [0, 0.1) is 11.4 Å². The predicted octanol–water partition coefficient (Wildman–Crippen LogP) is 2.22. The van der Waals surface area contributed by atoms with Crippen molar-refractivity contribution < 1.29 is 4.39 Å². The summed E-state index contributed by atoms with van der Waals surface area (Å²) in [5.41, 5.74) is 7.50. The van der Waals surface area contributed by atoms with Crippen LogP contribution < -0.4 is 5.73 Å². The molecular weight excluding hydrogens is 205 g/mol. The second-order valence-electron chi connectivity index (χ2n) is 3.33. The minimum atomic E-state index is -0.600. The van der Waals surface area contributed by atoms with Crippen molar-refractivity contribution in [2.24, 2.45) is 0 Å². The molecule has 0 spiro atoms. The van der Waals surface area contributed by atoms with Gasteiger partial charge in [0.15, 0.2) is 0 Å². The maximum Gasteiger partial charge on any atom is 0.213 e. The first kappa shape index (κ1) is 10.3. The van der Waals surface area contributed by atoms with E-state index < -0.39 is 5.95 Å². The van der Waals surface area contributed by atoms with E-state index in [0.29, 0.717) is 16.8 Å². The van der Waals surface area contributed by atoms with Crippen LogP contribution in [0.3, 0.4) is 0 Å². The number of anilines is 1. The molecule has 0 aliphatic rings. The molecule has 0 atom stereocenters. The van der Waals surface area contributed by atoms with Crippen molar-refractivity contribution in [3.05, 3.63) is 59.7 Å². The number of benzene rings is 1. The van der Waals surface area contributed by atoms with E-state index in [0.717, 1.165) is 0 Å². The third-order valence-electron chi connectivity index (χ3n) is 2.25. The highest BCUT2D eigenvalue weighted by Gasteiger charge is 2.08. The predicted molar refractivity (Wildman–Crippen MR) is 61.0 cm³/mol. The third kappa shape index (κ3) is 1.91. The van der Waals surface area contributed by atoms with Gasteiger partial charge in [-0.15, -0.1) is 0 Å². The zero-order valence-electron chi connectivity index (χ0n) is 8.44. The molecule has 16 heavy (non-hydrogen) atoms. The van der Waals surface area contributed by atoms with Gasteiger partial charge in [0.2, 0.25) is 5.95 Å². The first-order valence-electron chi connectivity index (χ1n) is 4.74. The molecule has 0 saturated carbocycles. The summed E-state index contributed by atoms with van der Waals surface area (Å²) in [6, 6.07) is 9.82. The van der Waals surface area contributed by atoms with E-state index in [2.05, 4.69) is 4.98 Å². The molecule has 0 bridgehead atoms. The van der Waals surface area contributed by atoms with Crippen LogP contribution in [0.5, 0.6) is 0 Å². The molecule has 80 valence electrons. The molecule has 1 heterocycles. The molecule has 0 aliphatic heterocycles. The number of aromatic nitrogens is 1. The third-order valence-corrected chi connectivity index (χ3v) is 2.25. The van der Waals surface area contributed by atoms with Gasteiger partial charge in [0, 0.05) is 29.1 Å². The van der Waals surface area contributed by atoms with Gasteiger partial charge in [0.25, 0.3) is 0 Å². The number of hydrogen-bond donors (Lipinski definition) is 2. The van der Waals surface area contributed by atoms with Crippen molar-refractivity contribution >= 4 is 11.4 Å². The molecule has 0 radical (unpaired) electrons. The van der Waals surface area contributed by atoms with E-state index in [4.69, 9.17) is 11.1 Å². The van der Waals surface area contributed by atoms with Gasteiger partial charge in [-0.3, -0.25) is 5.41 Å². The Kier molecular flexibility index (Phi) is 2.64. The number of halogens is 1.